The molecule has 108 valence electrons. The minimum Gasteiger partial charge on any atom is -0.330 e. The molecule has 0 atom stereocenters. The third-order valence-electron chi connectivity index (χ3n) is 2.73. The van der Waals surface area contributed by atoms with E-state index in [1.807, 2.05) is 30.5 Å². The lowest BCUT2D eigenvalue weighted by Crippen LogP contribution is -2.11. The van der Waals surface area contributed by atoms with Crippen molar-refractivity contribution in [1.82, 2.24) is 0 Å². The maximum Gasteiger partial charge on any atom is 0.224 e. The second-order valence-electron chi connectivity index (χ2n) is 4.23. The maximum absolute atomic E-state index is 11.7. The molecule has 1 aromatic rings. The van der Waals surface area contributed by atoms with Gasteiger partial charge in [-0.05, 0) is 49.9 Å². The van der Waals surface area contributed by atoms with Crippen LogP contribution in [0.4, 0.5) is 5.69 Å². The Balaban J connectivity index is 0.00000324. The summed E-state index contributed by atoms with van der Waals surface area (Å²) in [5.41, 5.74) is 6.29. The summed E-state index contributed by atoms with van der Waals surface area (Å²) < 4.78 is 0. The van der Waals surface area contributed by atoms with Crippen molar-refractivity contribution >= 4 is 35.8 Å². The summed E-state index contributed by atoms with van der Waals surface area (Å²) in [6, 6.07) is 7.92. The standard InChI is InChI=1S/C14H22N2OS.ClH/c1-18-13-9-7-12(8-10-13)16-14(17)6-4-2-3-5-11-15;/h7-10H,2-6,11,15H2,1H3,(H,16,17);1H. The molecule has 0 aliphatic carbocycles. The number of hydrogen-bond donors (Lipinski definition) is 2. The van der Waals surface area contributed by atoms with E-state index in [-0.39, 0.29) is 18.3 Å². The molecule has 0 aromatic heterocycles. The molecule has 0 aliphatic heterocycles. The fraction of sp³-hybridized carbons (Fsp3) is 0.500. The van der Waals surface area contributed by atoms with E-state index in [0.717, 1.165) is 37.9 Å². The molecule has 0 saturated heterocycles. The molecule has 1 amide bonds. The van der Waals surface area contributed by atoms with Crippen LogP contribution < -0.4 is 11.1 Å². The Kier molecular flexibility index (Phi) is 10.7. The normalized spacial score (nSPS) is 9.79. The van der Waals surface area contributed by atoms with Crippen molar-refractivity contribution in [2.75, 3.05) is 18.1 Å². The summed E-state index contributed by atoms with van der Waals surface area (Å²) in [6.07, 6.45) is 6.82. The van der Waals surface area contributed by atoms with Gasteiger partial charge in [0.2, 0.25) is 5.91 Å². The molecule has 3 nitrogen and oxygen atoms in total. The minimum absolute atomic E-state index is 0. The van der Waals surface area contributed by atoms with Crippen LogP contribution in [-0.4, -0.2) is 18.7 Å². The smallest absolute Gasteiger partial charge is 0.224 e. The van der Waals surface area contributed by atoms with Crippen molar-refractivity contribution in [1.29, 1.82) is 0 Å². The topological polar surface area (TPSA) is 55.1 Å². The van der Waals surface area contributed by atoms with Gasteiger partial charge in [-0.2, -0.15) is 0 Å². The van der Waals surface area contributed by atoms with Gasteiger partial charge in [0, 0.05) is 17.0 Å². The van der Waals surface area contributed by atoms with Crippen LogP contribution >= 0.6 is 24.2 Å². The number of hydrogen-bond acceptors (Lipinski definition) is 3. The van der Waals surface area contributed by atoms with E-state index >= 15 is 0 Å². The number of carbonyl (C=O) groups excluding carboxylic acids is 1. The van der Waals surface area contributed by atoms with Crippen LogP contribution in [0.2, 0.25) is 0 Å². The minimum atomic E-state index is 0. The molecular formula is C14H23ClN2OS. The molecule has 5 heteroatoms. The number of unbranched alkanes of at least 4 members (excludes halogenated alkanes) is 3. The summed E-state index contributed by atoms with van der Waals surface area (Å²) in [5, 5.41) is 2.91. The van der Waals surface area contributed by atoms with Crippen molar-refractivity contribution in [2.24, 2.45) is 5.73 Å². The fourth-order valence-corrected chi connectivity index (χ4v) is 2.09. The first kappa shape index (κ1) is 18.3. The number of nitrogens with one attached hydrogen (secondary N) is 1. The Morgan fingerprint density at radius 2 is 1.79 bits per heavy atom. The highest BCUT2D eigenvalue weighted by Crippen LogP contribution is 2.17. The van der Waals surface area contributed by atoms with Crippen LogP contribution in [0.5, 0.6) is 0 Å². The lowest BCUT2D eigenvalue weighted by atomic mass is 10.1. The van der Waals surface area contributed by atoms with Crippen molar-refractivity contribution in [2.45, 2.75) is 37.0 Å². The van der Waals surface area contributed by atoms with Gasteiger partial charge in [-0.1, -0.05) is 12.8 Å². The Hall–Kier alpha value is -0.710. The zero-order chi connectivity index (χ0) is 13.2. The Morgan fingerprint density at radius 3 is 2.37 bits per heavy atom. The summed E-state index contributed by atoms with van der Waals surface area (Å²) in [6.45, 7) is 0.744. The average Bonchev–Trinajstić information content (AvgIpc) is 2.39. The van der Waals surface area contributed by atoms with Crippen LogP contribution in [0.3, 0.4) is 0 Å². The molecule has 0 aliphatic rings. The van der Waals surface area contributed by atoms with E-state index in [1.165, 1.54) is 4.90 Å². The predicted octanol–water partition coefficient (Wildman–Crippen LogP) is 3.68. The van der Waals surface area contributed by atoms with Gasteiger partial charge in [0.15, 0.2) is 0 Å². The monoisotopic (exact) mass is 302 g/mol. The Morgan fingerprint density at radius 1 is 1.16 bits per heavy atom. The summed E-state index contributed by atoms with van der Waals surface area (Å²) >= 11 is 1.69. The lowest BCUT2D eigenvalue weighted by Gasteiger charge is -2.05. The van der Waals surface area contributed by atoms with Gasteiger partial charge in [-0.15, -0.1) is 24.2 Å². The molecule has 0 bridgehead atoms. The SMILES string of the molecule is CSc1ccc(NC(=O)CCCCCCN)cc1.Cl. The predicted molar refractivity (Wildman–Crippen MR) is 86.2 cm³/mol. The molecule has 0 saturated carbocycles. The third kappa shape index (κ3) is 8.14. The number of carbonyl (C=O) groups is 1. The second-order valence-corrected chi connectivity index (χ2v) is 5.11. The van der Waals surface area contributed by atoms with Crippen LogP contribution in [0.25, 0.3) is 0 Å². The average molecular weight is 303 g/mol. The van der Waals surface area contributed by atoms with Crippen molar-refractivity contribution in [3.63, 3.8) is 0 Å². The second kappa shape index (κ2) is 11.1. The first-order chi connectivity index (χ1) is 8.76. The highest BCUT2D eigenvalue weighted by molar-refractivity contribution is 7.98. The number of anilines is 1. The van der Waals surface area contributed by atoms with E-state index in [9.17, 15) is 4.79 Å². The maximum atomic E-state index is 11.7. The number of amides is 1. The molecule has 19 heavy (non-hydrogen) atoms. The van der Waals surface area contributed by atoms with Gasteiger partial charge in [-0.25, -0.2) is 0 Å². The van der Waals surface area contributed by atoms with Gasteiger partial charge in [0.05, 0.1) is 0 Å². The van der Waals surface area contributed by atoms with Gasteiger partial charge >= 0.3 is 0 Å². The number of halogens is 1. The van der Waals surface area contributed by atoms with Crippen LogP contribution in [-0.2, 0) is 4.79 Å². The highest BCUT2D eigenvalue weighted by Gasteiger charge is 2.02. The summed E-state index contributed by atoms with van der Waals surface area (Å²) in [7, 11) is 0. The number of rotatable bonds is 8. The van der Waals surface area contributed by atoms with Gasteiger partial charge in [0.25, 0.3) is 0 Å². The summed E-state index contributed by atoms with van der Waals surface area (Å²) in [4.78, 5) is 12.9. The molecular weight excluding hydrogens is 280 g/mol. The van der Waals surface area contributed by atoms with E-state index in [4.69, 9.17) is 5.73 Å². The van der Waals surface area contributed by atoms with Crippen molar-refractivity contribution in [3.05, 3.63) is 24.3 Å². The first-order valence-electron chi connectivity index (χ1n) is 6.40. The zero-order valence-corrected chi connectivity index (χ0v) is 13.0. The van der Waals surface area contributed by atoms with Gasteiger partial charge in [-0.3, -0.25) is 4.79 Å². The van der Waals surface area contributed by atoms with E-state index < -0.39 is 0 Å². The molecule has 0 heterocycles. The molecule has 0 spiro atoms. The summed E-state index contributed by atoms with van der Waals surface area (Å²) in [5.74, 6) is 0.0969. The highest BCUT2D eigenvalue weighted by atomic mass is 35.5. The fourth-order valence-electron chi connectivity index (χ4n) is 1.68. The zero-order valence-electron chi connectivity index (χ0n) is 11.4. The van der Waals surface area contributed by atoms with E-state index in [2.05, 4.69) is 5.32 Å². The van der Waals surface area contributed by atoms with Crippen LogP contribution in [0, 0.1) is 0 Å². The third-order valence-corrected chi connectivity index (χ3v) is 3.48. The quantitative estimate of drug-likeness (QED) is 0.569. The number of benzene rings is 1. The molecule has 0 fully saturated rings. The van der Waals surface area contributed by atoms with Gasteiger partial charge in [0.1, 0.15) is 0 Å². The largest absolute Gasteiger partial charge is 0.330 e. The molecule has 0 radical (unpaired) electrons. The molecule has 1 rings (SSSR count). The van der Waals surface area contributed by atoms with E-state index in [1.54, 1.807) is 11.8 Å². The van der Waals surface area contributed by atoms with Crippen molar-refractivity contribution in [3.8, 4) is 0 Å². The van der Waals surface area contributed by atoms with Crippen LogP contribution in [0.1, 0.15) is 32.1 Å². The first-order valence-corrected chi connectivity index (χ1v) is 7.62. The number of thioether (sulfide) groups is 1. The Labute approximate surface area is 126 Å². The van der Waals surface area contributed by atoms with E-state index in [0.29, 0.717) is 6.42 Å². The van der Waals surface area contributed by atoms with Crippen molar-refractivity contribution < 1.29 is 4.79 Å². The molecule has 3 N–H and O–H groups in total. The molecule has 0 unspecified atom stereocenters. The van der Waals surface area contributed by atoms with Crippen LogP contribution in [0.15, 0.2) is 29.2 Å². The van der Waals surface area contributed by atoms with Gasteiger partial charge < -0.3 is 11.1 Å². The number of nitrogens with two attached hydrogens (primary N) is 1. The lowest BCUT2D eigenvalue weighted by molar-refractivity contribution is -0.116. The Bertz CT molecular complexity index is 357. The molecule has 1 aromatic carbocycles.